The molecule has 1 N–H and O–H groups in total. The normalized spacial score (nSPS) is 46.9. The van der Waals surface area contributed by atoms with Crippen LogP contribution in [0.1, 0.15) is 86.5 Å². The van der Waals surface area contributed by atoms with Crippen molar-refractivity contribution in [3.63, 3.8) is 0 Å². The largest absolute Gasteiger partial charge is 0.392 e. The Morgan fingerprint density at radius 1 is 1.06 bits per heavy atom. The van der Waals surface area contributed by atoms with Crippen LogP contribution in [0.15, 0.2) is 23.8 Å². The smallest absolute Gasteiger partial charge is 0.0616 e. The molecule has 0 aromatic carbocycles. The number of allylic oxidation sites excluding steroid dienone is 3. The van der Waals surface area contributed by atoms with Crippen LogP contribution in [0.2, 0.25) is 0 Å². The highest BCUT2D eigenvalue weighted by atomic mass is 16.5. The van der Waals surface area contributed by atoms with Crippen LogP contribution in [-0.4, -0.2) is 24.4 Å². The summed E-state index contributed by atoms with van der Waals surface area (Å²) in [7, 11) is 1.87. The van der Waals surface area contributed by atoms with Crippen molar-refractivity contribution in [1.82, 2.24) is 0 Å². The molecule has 2 nitrogen and oxygen atoms in total. The third-order valence-electron chi connectivity index (χ3n) is 10.8. The van der Waals surface area contributed by atoms with Crippen molar-refractivity contribution >= 4 is 0 Å². The zero-order valence-electron chi connectivity index (χ0n) is 21.2. The van der Waals surface area contributed by atoms with Gasteiger partial charge in [-0.25, -0.2) is 0 Å². The first-order valence-corrected chi connectivity index (χ1v) is 13.2. The van der Waals surface area contributed by atoms with E-state index in [1.807, 2.05) is 7.11 Å². The lowest BCUT2D eigenvalue weighted by molar-refractivity contribution is -0.103. The first-order valence-electron chi connectivity index (χ1n) is 13.2. The number of hydrogen-bond donors (Lipinski definition) is 1. The summed E-state index contributed by atoms with van der Waals surface area (Å²) in [6, 6.07) is 0. The highest BCUT2D eigenvalue weighted by Gasteiger charge is 2.61. The zero-order valence-corrected chi connectivity index (χ0v) is 21.2. The molecule has 4 aliphatic carbocycles. The van der Waals surface area contributed by atoms with Gasteiger partial charge in [0.05, 0.1) is 12.2 Å². The quantitative estimate of drug-likeness (QED) is 0.476. The van der Waals surface area contributed by atoms with E-state index in [4.69, 9.17) is 4.74 Å². The molecule has 0 saturated heterocycles. The Morgan fingerprint density at radius 3 is 2.48 bits per heavy atom. The van der Waals surface area contributed by atoms with Crippen molar-refractivity contribution in [3.8, 4) is 0 Å². The number of fused-ring (bicyclic) bond motifs is 5. The van der Waals surface area contributed by atoms with Crippen LogP contribution in [0.25, 0.3) is 0 Å². The van der Waals surface area contributed by atoms with E-state index >= 15 is 0 Å². The van der Waals surface area contributed by atoms with Gasteiger partial charge in [-0.1, -0.05) is 65.3 Å². The summed E-state index contributed by atoms with van der Waals surface area (Å²) in [5.41, 5.74) is 2.13. The summed E-state index contributed by atoms with van der Waals surface area (Å²) < 4.78 is 5.74. The van der Waals surface area contributed by atoms with E-state index in [9.17, 15) is 5.11 Å². The summed E-state index contributed by atoms with van der Waals surface area (Å²) in [5.74, 6) is 4.30. The third-order valence-corrected chi connectivity index (χ3v) is 10.8. The standard InChI is InChI=1S/C29H48O2/c1-18(2)19(3)8-9-20(4)24-12-13-25-23-11-10-21-16-22(31-7)14-15-28(21,5)27(23)26(30)17-29(24,25)6/h8-9,11,18-22,24-27,30H,10,12-17H2,1-7H3/b9-8+/t19-,20+,21-,22+,24+,25-,26+,27+,28-,29-/m0/s1. The minimum absolute atomic E-state index is 0.189. The Kier molecular flexibility index (Phi) is 6.56. The van der Waals surface area contributed by atoms with Crippen molar-refractivity contribution in [1.29, 1.82) is 0 Å². The lowest BCUT2D eigenvalue weighted by atomic mass is 9.47. The molecule has 31 heavy (non-hydrogen) atoms. The van der Waals surface area contributed by atoms with Gasteiger partial charge in [0.25, 0.3) is 0 Å². The number of hydrogen-bond acceptors (Lipinski definition) is 2. The molecular formula is C29H48O2. The molecule has 0 aromatic heterocycles. The third kappa shape index (κ3) is 3.88. The Hall–Kier alpha value is -0.600. The van der Waals surface area contributed by atoms with Crippen molar-refractivity contribution in [2.24, 2.45) is 52.3 Å². The molecule has 3 fully saturated rings. The lowest BCUT2D eigenvalue weighted by Crippen LogP contribution is -2.55. The van der Waals surface area contributed by atoms with Gasteiger partial charge < -0.3 is 9.84 Å². The molecule has 0 heterocycles. The minimum atomic E-state index is -0.189. The van der Waals surface area contributed by atoms with Gasteiger partial charge in [-0.3, -0.25) is 0 Å². The fraction of sp³-hybridized carbons (Fsp3) is 0.862. The second-order valence-corrected chi connectivity index (χ2v) is 12.6. The molecule has 0 unspecified atom stereocenters. The van der Waals surface area contributed by atoms with E-state index in [0.717, 1.165) is 12.8 Å². The molecule has 0 spiro atoms. The van der Waals surface area contributed by atoms with E-state index < -0.39 is 0 Å². The molecule has 0 aliphatic heterocycles. The molecule has 0 radical (unpaired) electrons. The zero-order chi connectivity index (χ0) is 22.6. The molecule has 10 atom stereocenters. The molecule has 176 valence electrons. The van der Waals surface area contributed by atoms with Gasteiger partial charge in [0.15, 0.2) is 0 Å². The second-order valence-electron chi connectivity index (χ2n) is 12.6. The van der Waals surface area contributed by atoms with Crippen LogP contribution in [-0.2, 0) is 4.74 Å². The Morgan fingerprint density at radius 2 is 1.81 bits per heavy atom. The van der Waals surface area contributed by atoms with Gasteiger partial charge in [0.2, 0.25) is 0 Å². The lowest BCUT2D eigenvalue weighted by Gasteiger charge is -2.59. The predicted octanol–water partition coefficient (Wildman–Crippen LogP) is 7.04. The van der Waals surface area contributed by atoms with Gasteiger partial charge in [0, 0.05) is 13.0 Å². The summed E-state index contributed by atoms with van der Waals surface area (Å²) in [4.78, 5) is 0. The molecule has 0 amide bonds. The number of methoxy groups -OCH3 is 1. The Labute approximate surface area is 191 Å². The Balaban J connectivity index is 1.58. The van der Waals surface area contributed by atoms with Crippen LogP contribution >= 0.6 is 0 Å². The SMILES string of the molecule is CO[C@@H]1CC[C@@]2(C)[C@@H](CC=C3[C@@H]2[C@H](O)C[C@@]2(C)[C@@H]([C@H](C)/C=C/[C@H](C)C(C)C)CC[C@@H]32)C1. The maximum Gasteiger partial charge on any atom is 0.0616 e. The maximum atomic E-state index is 11.6. The maximum absolute atomic E-state index is 11.6. The molecule has 4 rings (SSSR count). The van der Waals surface area contributed by atoms with Gasteiger partial charge >= 0.3 is 0 Å². The number of aliphatic hydroxyl groups is 1. The number of aliphatic hydroxyl groups excluding tert-OH is 1. The topological polar surface area (TPSA) is 29.5 Å². The van der Waals surface area contributed by atoms with Crippen LogP contribution in [0, 0.1) is 52.3 Å². The highest BCUT2D eigenvalue weighted by molar-refractivity contribution is 5.30. The summed E-state index contributed by atoms with van der Waals surface area (Å²) in [5, 5.41) is 11.6. The summed E-state index contributed by atoms with van der Waals surface area (Å²) in [6.07, 6.45) is 16.1. The van der Waals surface area contributed by atoms with Gasteiger partial charge in [-0.05, 0) is 91.3 Å². The highest BCUT2D eigenvalue weighted by Crippen LogP contribution is 2.66. The number of ether oxygens (including phenoxy) is 1. The summed E-state index contributed by atoms with van der Waals surface area (Å²) in [6.45, 7) is 14.4. The molecule has 0 bridgehead atoms. The molecular weight excluding hydrogens is 380 g/mol. The van der Waals surface area contributed by atoms with E-state index in [0.29, 0.717) is 47.5 Å². The van der Waals surface area contributed by atoms with Crippen molar-refractivity contribution in [2.45, 2.75) is 98.7 Å². The van der Waals surface area contributed by atoms with Crippen LogP contribution in [0.5, 0.6) is 0 Å². The first kappa shape index (κ1) is 23.6. The average molecular weight is 429 g/mol. The Bertz CT molecular complexity index is 708. The summed E-state index contributed by atoms with van der Waals surface area (Å²) >= 11 is 0. The van der Waals surface area contributed by atoms with Crippen molar-refractivity contribution < 1.29 is 9.84 Å². The van der Waals surface area contributed by atoms with Gasteiger partial charge in [0.1, 0.15) is 0 Å². The van der Waals surface area contributed by atoms with E-state index in [1.54, 1.807) is 5.57 Å². The minimum Gasteiger partial charge on any atom is -0.392 e. The van der Waals surface area contributed by atoms with Crippen molar-refractivity contribution in [2.75, 3.05) is 7.11 Å². The van der Waals surface area contributed by atoms with Crippen LogP contribution < -0.4 is 0 Å². The van der Waals surface area contributed by atoms with Gasteiger partial charge in [-0.2, -0.15) is 0 Å². The van der Waals surface area contributed by atoms with E-state index in [1.165, 1.54) is 32.1 Å². The fourth-order valence-corrected chi connectivity index (χ4v) is 8.42. The number of rotatable bonds is 5. The van der Waals surface area contributed by atoms with Crippen molar-refractivity contribution in [3.05, 3.63) is 23.8 Å². The predicted molar refractivity (Wildman–Crippen MR) is 130 cm³/mol. The second kappa shape index (κ2) is 8.64. The molecule has 3 saturated carbocycles. The van der Waals surface area contributed by atoms with E-state index in [2.05, 4.69) is 59.8 Å². The van der Waals surface area contributed by atoms with Gasteiger partial charge in [-0.15, -0.1) is 0 Å². The molecule has 4 aliphatic rings. The average Bonchev–Trinajstić information content (AvgIpc) is 3.07. The monoisotopic (exact) mass is 428 g/mol. The first-order chi connectivity index (χ1) is 14.6. The fourth-order valence-electron chi connectivity index (χ4n) is 8.42. The molecule has 0 aromatic rings. The molecule has 2 heteroatoms. The van der Waals surface area contributed by atoms with E-state index in [-0.39, 0.29) is 16.9 Å². The van der Waals surface area contributed by atoms with Crippen LogP contribution in [0.4, 0.5) is 0 Å². The van der Waals surface area contributed by atoms with Crippen LogP contribution in [0.3, 0.4) is 0 Å².